The molecule has 27 heavy (non-hydrogen) atoms. The number of rotatable bonds is 4. The summed E-state index contributed by atoms with van der Waals surface area (Å²) in [6, 6.07) is 7.54. The largest absolute Gasteiger partial charge is 0.326 e. The van der Waals surface area contributed by atoms with Gasteiger partial charge in [0.1, 0.15) is 0 Å². The van der Waals surface area contributed by atoms with Gasteiger partial charge in [0.2, 0.25) is 5.91 Å². The van der Waals surface area contributed by atoms with Crippen LogP contribution < -0.4 is 16.0 Å². The zero-order valence-corrected chi connectivity index (χ0v) is 17.2. The number of hydrogen-bond acceptors (Lipinski definition) is 4. The van der Waals surface area contributed by atoms with E-state index in [2.05, 4.69) is 16.0 Å². The van der Waals surface area contributed by atoms with Gasteiger partial charge in [-0.3, -0.25) is 4.79 Å². The smallest absolute Gasteiger partial charge is 0.321 e. The number of likely N-dealkylation sites (tertiary alicyclic amines) is 1. The van der Waals surface area contributed by atoms with Crippen LogP contribution >= 0.6 is 24.2 Å². The van der Waals surface area contributed by atoms with Gasteiger partial charge in [0, 0.05) is 55.0 Å². The van der Waals surface area contributed by atoms with Gasteiger partial charge in [-0.25, -0.2) is 4.79 Å². The fraction of sp³-hybridized carbons (Fsp3) is 0.579. The number of benzene rings is 1. The summed E-state index contributed by atoms with van der Waals surface area (Å²) < 4.78 is 0. The SMILES string of the molecule is Cl.O=C(CC1CSCCN1)Nc1ccc(NC(=O)N2CCCCCC2)cc1. The first kappa shape index (κ1) is 21.9. The summed E-state index contributed by atoms with van der Waals surface area (Å²) in [5, 5.41) is 9.25. The number of nitrogens with zero attached hydrogens (tertiary/aromatic N) is 1. The molecular formula is C19H29ClN4O2S. The van der Waals surface area contributed by atoms with E-state index in [1.165, 1.54) is 12.8 Å². The van der Waals surface area contributed by atoms with E-state index in [4.69, 9.17) is 0 Å². The second kappa shape index (κ2) is 11.4. The molecule has 3 N–H and O–H groups in total. The molecule has 2 heterocycles. The Morgan fingerprint density at radius 1 is 1.04 bits per heavy atom. The Bertz CT molecular complexity index is 600. The molecule has 8 heteroatoms. The van der Waals surface area contributed by atoms with E-state index in [1.54, 1.807) is 0 Å². The highest BCUT2D eigenvalue weighted by Crippen LogP contribution is 2.17. The summed E-state index contributed by atoms with van der Waals surface area (Å²) in [7, 11) is 0. The lowest BCUT2D eigenvalue weighted by molar-refractivity contribution is -0.116. The number of thioether (sulfide) groups is 1. The average molecular weight is 413 g/mol. The number of hydrogen-bond donors (Lipinski definition) is 3. The van der Waals surface area contributed by atoms with Crippen LogP contribution in [-0.2, 0) is 4.79 Å². The van der Waals surface area contributed by atoms with Crippen molar-refractivity contribution in [2.45, 2.75) is 38.1 Å². The monoisotopic (exact) mass is 412 g/mol. The maximum Gasteiger partial charge on any atom is 0.321 e. The van der Waals surface area contributed by atoms with Crippen molar-refractivity contribution in [1.82, 2.24) is 10.2 Å². The second-order valence-electron chi connectivity index (χ2n) is 6.89. The predicted molar refractivity (Wildman–Crippen MR) is 115 cm³/mol. The molecule has 2 aliphatic heterocycles. The van der Waals surface area contributed by atoms with E-state index >= 15 is 0 Å². The van der Waals surface area contributed by atoms with E-state index in [1.807, 2.05) is 40.9 Å². The van der Waals surface area contributed by atoms with Crippen LogP contribution in [0.1, 0.15) is 32.1 Å². The molecule has 1 aromatic carbocycles. The zero-order valence-electron chi connectivity index (χ0n) is 15.5. The van der Waals surface area contributed by atoms with Gasteiger partial charge in [0.15, 0.2) is 0 Å². The number of carbonyl (C=O) groups is 2. The van der Waals surface area contributed by atoms with Crippen LogP contribution in [0.4, 0.5) is 16.2 Å². The molecule has 2 aliphatic rings. The molecule has 2 fully saturated rings. The van der Waals surface area contributed by atoms with Crippen LogP contribution in [0.5, 0.6) is 0 Å². The first-order valence-electron chi connectivity index (χ1n) is 9.48. The molecule has 3 rings (SSSR count). The van der Waals surface area contributed by atoms with Crippen LogP contribution in [-0.4, -0.2) is 54.0 Å². The highest BCUT2D eigenvalue weighted by atomic mass is 35.5. The number of anilines is 2. The van der Waals surface area contributed by atoms with Crippen molar-refractivity contribution in [3.8, 4) is 0 Å². The maximum atomic E-state index is 12.3. The van der Waals surface area contributed by atoms with E-state index in [-0.39, 0.29) is 30.4 Å². The summed E-state index contributed by atoms with van der Waals surface area (Å²) in [6.45, 7) is 2.62. The van der Waals surface area contributed by atoms with E-state index in [0.29, 0.717) is 6.42 Å². The maximum absolute atomic E-state index is 12.3. The van der Waals surface area contributed by atoms with E-state index in [9.17, 15) is 9.59 Å². The summed E-state index contributed by atoms with van der Waals surface area (Å²) in [5.41, 5.74) is 1.51. The van der Waals surface area contributed by atoms with Crippen LogP contribution in [0.15, 0.2) is 24.3 Å². The first-order valence-corrected chi connectivity index (χ1v) is 10.6. The summed E-state index contributed by atoms with van der Waals surface area (Å²) >= 11 is 1.89. The minimum Gasteiger partial charge on any atom is -0.326 e. The Balaban J connectivity index is 0.00000261. The molecular weight excluding hydrogens is 384 g/mol. The Morgan fingerprint density at radius 3 is 2.26 bits per heavy atom. The lowest BCUT2D eigenvalue weighted by Crippen LogP contribution is -2.39. The third-order valence-electron chi connectivity index (χ3n) is 4.74. The van der Waals surface area contributed by atoms with Gasteiger partial charge in [-0.2, -0.15) is 11.8 Å². The van der Waals surface area contributed by atoms with Crippen LogP contribution in [0.2, 0.25) is 0 Å². The van der Waals surface area contributed by atoms with E-state index < -0.39 is 0 Å². The fourth-order valence-electron chi connectivity index (χ4n) is 3.30. The summed E-state index contributed by atoms with van der Waals surface area (Å²) in [5.74, 6) is 2.11. The molecule has 0 aliphatic carbocycles. The quantitative estimate of drug-likeness (QED) is 0.707. The number of carbonyl (C=O) groups excluding carboxylic acids is 2. The number of nitrogens with one attached hydrogen (secondary N) is 3. The Morgan fingerprint density at radius 2 is 1.67 bits per heavy atom. The third-order valence-corrected chi connectivity index (χ3v) is 5.87. The number of halogens is 1. The van der Waals surface area contributed by atoms with Crippen molar-refractivity contribution in [1.29, 1.82) is 0 Å². The Kier molecular flexibility index (Phi) is 9.24. The van der Waals surface area contributed by atoms with Crippen molar-refractivity contribution in [3.05, 3.63) is 24.3 Å². The van der Waals surface area contributed by atoms with Crippen molar-refractivity contribution < 1.29 is 9.59 Å². The number of amides is 3. The lowest BCUT2D eigenvalue weighted by Gasteiger charge is -2.22. The molecule has 0 spiro atoms. The number of urea groups is 1. The first-order chi connectivity index (χ1) is 12.7. The molecule has 1 aromatic rings. The normalized spacial score (nSPS) is 20.1. The minimum atomic E-state index is -0.0374. The average Bonchev–Trinajstić information content (AvgIpc) is 2.94. The van der Waals surface area contributed by atoms with Crippen molar-refractivity contribution >= 4 is 47.5 Å². The van der Waals surface area contributed by atoms with Gasteiger partial charge in [0.05, 0.1) is 0 Å². The molecule has 6 nitrogen and oxygen atoms in total. The van der Waals surface area contributed by atoms with Crippen LogP contribution in [0.3, 0.4) is 0 Å². The molecule has 2 saturated heterocycles. The van der Waals surface area contributed by atoms with Gasteiger partial charge >= 0.3 is 6.03 Å². The Labute approximate surface area is 171 Å². The van der Waals surface area contributed by atoms with Gasteiger partial charge in [0.25, 0.3) is 0 Å². The molecule has 1 unspecified atom stereocenters. The highest BCUT2D eigenvalue weighted by molar-refractivity contribution is 7.99. The summed E-state index contributed by atoms with van der Waals surface area (Å²) in [4.78, 5) is 26.4. The molecule has 3 amide bonds. The fourth-order valence-corrected chi connectivity index (χ4v) is 4.25. The van der Waals surface area contributed by atoms with Crippen molar-refractivity contribution in [2.24, 2.45) is 0 Å². The third kappa shape index (κ3) is 7.24. The van der Waals surface area contributed by atoms with Gasteiger partial charge in [-0.1, -0.05) is 12.8 Å². The van der Waals surface area contributed by atoms with E-state index in [0.717, 1.165) is 55.4 Å². The molecule has 0 saturated carbocycles. The standard InChI is InChI=1S/C19H28N4O2S.ClH/c24-18(13-17-14-26-12-9-20-17)21-15-5-7-16(8-6-15)22-19(25)23-10-3-1-2-4-11-23;/h5-8,17,20H,1-4,9-14H2,(H,21,24)(H,22,25);1H. The zero-order chi connectivity index (χ0) is 18.2. The highest BCUT2D eigenvalue weighted by Gasteiger charge is 2.17. The van der Waals surface area contributed by atoms with Crippen LogP contribution in [0, 0.1) is 0 Å². The van der Waals surface area contributed by atoms with Gasteiger partial charge in [-0.05, 0) is 37.1 Å². The van der Waals surface area contributed by atoms with Gasteiger partial charge < -0.3 is 20.9 Å². The molecule has 0 aromatic heterocycles. The van der Waals surface area contributed by atoms with Crippen LogP contribution in [0.25, 0.3) is 0 Å². The van der Waals surface area contributed by atoms with Gasteiger partial charge in [-0.15, -0.1) is 12.4 Å². The molecule has 150 valence electrons. The summed E-state index contributed by atoms with van der Waals surface area (Å²) in [6.07, 6.45) is 5.04. The predicted octanol–water partition coefficient (Wildman–Crippen LogP) is 3.55. The molecule has 0 bridgehead atoms. The minimum absolute atomic E-state index is 0. The van der Waals surface area contributed by atoms with Crippen molar-refractivity contribution in [3.63, 3.8) is 0 Å². The lowest BCUT2D eigenvalue weighted by atomic mass is 10.2. The second-order valence-corrected chi connectivity index (χ2v) is 8.04. The Hall–Kier alpha value is -1.44. The molecule has 0 radical (unpaired) electrons. The van der Waals surface area contributed by atoms with Crippen molar-refractivity contribution in [2.75, 3.05) is 41.8 Å². The molecule has 1 atom stereocenters. The topological polar surface area (TPSA) is 73.5 Å².